The first-order valence-corrected chi connectivity index (χ1v) is 8.97. The number of amides is 2. The summed E-state index contributed by atoms with van der Waals surface area (Å²) in [5, 5.41) is 6.28. The van der Waals surface area contributed by atoms with Crippen LogP contribution >= 0.6 is 0 Å². The van der Waals surface area contributed by atoms with Crippen molar-refractivity contribution in [3.05, 3.63) is 0 Å². The van der Waals surface area contributed by atoms with E-state index in [2.05, 4.69) is 17.6 Å². The summed E-state index contributed by atoms with van der Waals surface area (Å²) in [6, 6.07) is 0. The highest BCUT2D eigenvalue weighted by Gasteiger charge is 2.27. The molecule has 22 heavy (non-hydrogen) atoms. The number of carbonyl (C=O) groups excluding carboxylic acids is 2. The van der Waals surface area contributed by atoms with Crippen LogP contribution in [0.25, 0.3) is 0 Å². The van der Waals surface area contributed by atoms with Gasteiger partial charge >= 0.3 is 0 Å². The van der Waals surface area contributed by atoms with Crippen molar-refractivity contribution in [2.24, 2.45) is 11.8 Å². The first-order chi connectivity index (χ1) is 10.7. The second-order valence-corrected chi connectivity index (χ2v) is 6.73. The van der Waals surface area contributed by atoms with Crippen molar-refractivity contribution in [3.63, 3.8) is 0 Å². The summed E-state index contributed by atoms with van der Waals surface area (Å²) in [5.41, 5.74) is 0. The van der Waals surface area contributed by atoms with Gasteiger partial charge < -0.3 is 15.5 Å². The first-order valence-electron chi connectivity index (χ1n) is 8.97. The number of carbonyl (C=O) groups is 2. The second kappa shape index (κ2) is 9.13. The molecule has 0 radical (unpaired) electrons. The Hall–Kier alpha value is -1.10. The van der Waals surface area contributed by atoms with E-state index < -0.39 is 0 Å². The molecule has 126 valence electrons. The van der Waals surface area contributed by atoms with E-state index in [0.29, 0.717) is 6.54 Å². The number of unbranched alkanes of at least 4 members (excludes halogenated alkanes) is 2. The summed E-state index contributed by atoms with van der Waals surface area (Å²) < 4.78 is 0. The van der Waals surface area contributed by atoms with Crippen molar-refractivity contribution < 1.29 is 9.59 Å². The molecule has 2 aliphatic rings. The van der Waals surface area contributed by atoms with Gasteiger partial charge in [0.15, 0.2) is 0 Å². The van der Waals surface area contributed by atoms with E-state index in [1.807, 2.05) is 4.90 Å². The van der Waals surface area contributed by atoms with Crippen molar-refractivity contribution >= 4 is 11.8 Å². The second-order valence-electron chi connectivity index (χ2n) is 6.73. The lowest BCUT2D eigenvalue weighted by molar-refractivity contribution is -0.134. The highest BCUT2D eigenvalue weighted by Crippen LogP contribution is 2.27. The van der Waals surface area contributed by atoms with Gasteiger partial charge in [-0.25, -0.2) is 0 Å². The fourth-order valence-electron chi connectivity index (χ4n) is 2.94. The summed E-state index contributed by atoms with van der Waals surface area (Å²) >= 11 is 0. The van der Waals surface area contributed by atoms with Crippen LogP contribution in [0, 0.1) is 11.8 Å². The van der Waals surface area contributed by atoms with Crippen molar-refractivity contribution in [1.29, 1.82) is 0 Å². The monoisotopic (exact) mass is 309 g/mol. The maximum atomic E-state index is 12.1. The van der Waals surface area contributed by atoms with Gasteiger partial charge in [0.05, 0.1) is 6.54 Å². The van der Waals surface area contributed by atoms with E-state index in [1.54, 1.807) is 0 Å². The molecule has 1 heterocycles. The van der Waals surface area contributed by atoms with Crippen molar-refractivity contribution in [3.8, 4) is 0 Å². The molecule has 0 spiro atoms. The Labute approximate surface area is 134 Å². The summed E-state index contributed by atoms with van der Waals surface area (Å²) in [6.45, 7) is 5.81. The molecule has 0 aromatic carbocycles. The van der Waals surface area contributed by atoms with Gasteiger partial charge in [-0.1, -0.05) is 19.8 Å². The molecule has 5 nitrogen and oxygen atoms in total. The van der Waals surface area contributed by atoms with Crippen LogP contribution in [0.2, 0.25) is 0 Å². The molecule has 1 aliphatic heterocycles. The molecule has 2 N–H and O–H groups in total. The quantitative estimate of drug-likeness (QED) is 0.635. The van der Waals surface area contributed by atoms with Crippen LogP contribution in [-0.4, -0.2) is 49.4 Å². The Balaban J connectivity index is 1.57. The summed E-state index contributed by atoms with van der Waals surface area (Å²) in [5.74, 6) is 1.25. The summed E-state index contributed by atoms with van der Waals surface area (Å²) in [4.78, 5) is 26.1. The highest BCUT2D eigenvalue weighted by molar-refractivity contribution is 5.80. The van der Waals surface area contributed by atoms with Crippen LogP contribution in [-0.2, 0) is 9.59 Å². The lowest BCUT2D eigenvalue weighted by Crippen LogP contribution is -2.46. The lowest BCUT2D eigenvalue weighted by atomic mass is 9.96. The Morgan fingerprint density at radius 2 is 1.82 bits per heavy atom. The number of nitrogens with zero attached hydrogens (tertiary/aromatic N) is 1. The minimum Gasteiger partial charge on any atom is -0.356 e. The van der Waals surface area contributed by atoms with E-state index in [1.165, 1.54) is 25.7 Å². The summed E-state index contributed by atoms with van der Waals surface area (Å²) in [6.07, 6.45) is 7.61. The van der Waals surface area contributed by atoms with Crippen LogP contribution in [0.5, 0.6) is 0 Å². The summed E-state index contributed by atoms with van der Waals surface area (Å²) in [7, 11) is 0. The molecule has 0 bridgehead atoms. The SMILES string of the molecule is CCCCCNC(=O)C1CCN(C(=O)CNCC2CC2)CC1. The van der Waals surface area contributed by atoms with Crippen LogP contribution in [0.4, 0.5) is 0 Å². The maximum Gasteiger partial charge on any atom is 0.236 e. The third-order valence-corrected chi connectivity index (χ3v) is 4.70. The van der Waals surface area contributed by atoms with Crippen molar-refractivity contribution in [2.75, 3.05) is 32.7 Å². The average Bonchev–Trinajstić information content (AvgIpc) is 3.35. The average molecular weight is 309 g/mol. The predicted molar refractivity (Wildman–Crippen MR) is 87.4 cm³/mol. The molecule has 0 aromatic rings. The predicted octanol–water partition coefficient (Wildman–Crippen LogP) is 1.53. The van der Waals surface area contributed by atoms with Gasteiger partial charge in [0, 0.05) is 25.6 Å². The molecule has 0 unspecified atom stereocenters. The van der Waals surface area contributed by atoms with E-state index in [0.717, 1.165) is 51.4 Å². The number of likely N-dealkylation sites (tertiary alicyclic amines) is 1. The van der Waals surface area contributed by atoms with Crippen LogP contribution in [0.1, 0.15) is 51.9 Å². The minimum atomic E-state index is 0.0881. The molecule has 1 saturated heterocycles. The van der Waals surface area contributed by atoms with E-state index in [4.69, 9.17) is 0 Å². The van der Waals surface area contributed by atoms with Crippen LogP contribution < -0.4 is 10.6 Å². The van der Waals surface area contributed by atoms with E-state index >= 15 is 0 Å². The topological polar surface area (TPSA) is 61.4 Å². The maximum absolute atomic E-state index is 12.1. The molecule has 5 heteroatoms. The number of piperidine rings is 1. The lowest BCUT2D eigenvalue weighted by Gasteiger charge is -2.31. The largest absolute Gasteiger partial charge is 0.356 e. The number of hydrogen-bond acceptors (Lipinski definition) is 3. The highest BCUT2D eigenvalue weighted by atomic mass is 16.2. The zero-order chi connectivity index (χ0) is 15.8. The first kappa shape index (κ1) is 17.3. The fourth-order valence-corrected chi connectivity index (χ4v) is 2.94. The molecule has 2 rings (SSSR count). The zero-order valence-corrected chi connectivity index (χ0v) is 13.9. The fraction of sp³-hybridized carbons (Fsp3) is 0.882. The molecule has 1 saturated carbocycles. The molecule has 1 aliphatic carbocycles. The smallest absolute Gasteiger partial charge is 0.236 e. The molecule has 0 aromatic heterocycles. The van der Waals surface area contributed by atoms with Gasteiger partial charge in [0.1, 0.15) is 0 Å². The Kier molecular flexibility index (Phi) is 7.16. The molecular weight excluding hydrogens is 278 g/mol. The van der Waals surface area contributed by atoms with Gasteiger partial charge in [0.2, 0.25) is 11.8 Å². The third kappa shape index (κ3) is 5.95. The molecule has 0 atom stereocenters. The minimum absolute atomic E-state index is 0.0881. The van der Waals surface area contributed by atoms with E-state index in [9.17, 15) is 9.59 Å². The zero-order valence-electron chi connectivity index (χ0n) is 13.9. The van der Waals surface area contributed by atoms with Gasteiger partial charge in [-0.05, 0) is 44.6 Å². The van der Waals surface area contributed by atoms with Crippen molar-refractivity contribution in [2.45, 2.75) is 51.9 Å². The van der Waals surface area contributed by atoms with E-state index in [-0.39, 0.29) is 17.7 Å². The van der Waals surface area contributed by atoms with Crippen LogP contribution in [0.15, 0.2) is 0 Å². The Bertz CT molecular complexity index is 361. The third-order valence-electron chi connectivity index (χ3n) is 4.70. The number of hydrogen-bond donors (Lipinski definition) is 2. The molecule has 2 fully saturated rings. The Morgan fingerprint density at radius 1 is 1.09 bits per heavy atom. The van der Waals surface area contributed by atoms with Gasteiger partial charge in [0.25, 0.3) is 0 Å². The standard InChI is InChI=1S/C17H31N3O2/c1-2-3-4-9-19-17(22)15-7-10-20(11-8-15)16(21)13-18-12-14-5-6-14/h14-15,18H,2-13H2,1H3,(H,19,22). The van der Waals surface area contributed by atoms with Gasteiger partial charge in [-0.15, -0.1) is 0 Å². The molecular formula is C17H31N3O2. The van der Waals surface area contributed by atoms with Gasteiger partial charge in [-0.2, -0.15) is 0 Å². The Morgan fingerprint density at radius 3 is 2.45 bits per heavy atom. The molecule has 2 amide bonds. The number of rotatable bonds is 9. The normalized spacial score (nSPS) is 19.2. The van der Waals surface area contributed by atoms with Gasteiger partial charge in [-0.3, -0.25) is 9.59 Å². The van der Waals surface area contributed by atoms with Crippen molar-refractivity contribution in [1.82, 2.24) is 15.5 Å². The van der Waals surface area contributed by atoms with Crippen LogP contribution in [0.3, 0.4) is 0 Å². The number of nitrogens with one attached hydrogen (secondary N) is 2.